The summed E-state index contributed by atoms with van der Waals surface area (Å²) in [7, 11) is 0. The minimum atomic E-state index is -0.00217. The van der Waals surface area contributed by atoms with E-state index in [0.717, 1.165) is 0 Å². The van der Waals surface area contributed by atoms with Gasteiger partial charge in [-0.2, -0.15) is 15.0 Å². The maximum atomic E-state index is 5.79. The standard InChI is InChI=1S/C9H7Cl2N5/c10-8-14-7(15-9(11)16-8)6-4(12)2-1-3-5(6)13/h1-3H,12-13H2. The van der Waals surface area contributed by atoms with Crippen molar-refractivity contribution in [2.45, 2.75) is 0 Å². The molecular formula is C9H7Cl2N5. The van der Waals surface area contributed by atoms with Crippen molar-refractivity contribution in [1.82, 2.24) is 15.0 Å². The number of nitrogens with two attached hydrogens (primary N) is 2. The van der Waals surface area contributed by atoms with E-state index in [4.69, 9.17) is 34.7 Å². The van der Waals surface area contributed by atoms with Gasteiger partial charge in [-0.05, 0) is 35.3 Å². The van der Waals surface area contributed by atoms with Gasteiger partial charge in [0.25, 0.3) is 0 Å². The zero-order chi connectivity index (χ0) is 11.7. The third-order valence-electron chi connectivity index (χ3n) is 1.93. The van der Waals surface area contributed by atoms with Crippen LogP contribution in [-0.4, -0.2) is 15.0 Å². The van der Waals surface area contributed by atoms with Gasteiger partial charge in [0, 0.05) is 11.4 Å². The fourth-order valence-electron chi connectivity index (χ4n) is 1.28. The lowest BCUT2D eigenvalue weighted by Crippen LogP contribution is -2.01. The van der Waals surface area contributed by atoms with Gasteiger partial charge in [0.05, 0.1) is 5.56 Å². The Morgan fingerprint density at radius 2 is 1.38 bits per heavy atom. The van der Waals surface area contributed by atoms with E-state index in [2.05, 4.69) is 15.0 Å². The summed E-state index contributed by atoms with van der Waals surface area (Å²) in [5.74, 6) is 0.264. The molecule has 0 saturated carbocycles. The minimum Gasteiger partial charge on any atom is -0.398 e. The van der Waals surface area contributed by atoms with E-state index in [0.29, 0.717) is 16.9 Å². The highest BCUT2D eigenvalue weighted by atomic mass is 35.5. The summed E-state index contributed by atoms with van der Waals surface area (Å²) in [5.41, 5.74) is 13.0. The van der Waals surface area contributed by atoms with Crippen LogP contribution in [-0.2, 0) is 0 Å². The molecular weight excluding hydrogens is 249 g/mol. The van der Waals surface area contributed by atoms with Gasteiger partial charge < -0.3 is 11.5 Å². The summed E-state index contributed by atoms with van der Waals surface area (Å²) in [6, 6.07) is 5.12. The second-order valence-electron chi connectivity index (χ2n) is 3.01. The predicted octanol–water partition coefficient (Wildman–Crippen LogP) is 2.01. The number of nitrogens with zero attached hydrogens (tertiary/aromatic N) is 3. The van der Waals surface area contributed by atoms with Crippen molar-refractivity contribution in [2.24, 2.45) is 0 Å². The van der Waals surface area contributed by atoms with Crippen molar-refractivity contribution in [2.75, 3.05) is 11.5 Å². The molecule has 4 N–H and O–H groups in total. The van der Waals surface area contributed by atoms with Gasteiger partial charge in [-0.1, -0.05) is 6.07 Å². The van der Waals surface area contributed by atoms with Crippen LogP contribution < -0.4 is 11.5 Å². The van der Waals surface area contributed by atoms with Crippen LogP contribution in [0.5, 0.6) is 0 Å². The van der Waals surface area contributed by atoms with Gasteiger partial charge in [-0.25, -0.2) is 0 Å². The number of hydrogen-bond acceptors (Lipinski definition) is 5. The van der Waals surface area contributed by atoms with Crippen molar-refractivity contribution in [1.29, 1.82) is 0 Å². The quantitative estimate of drug-likeness (QED) is 0.761. The van der Waals surface area contributed by atoms with Crippen LogP contribution in [0.25, 0.3) is 11.4 Å². The lowest BCUT2D eigenvalue weighted by molar-refractivity contribution is 1.06. The average molecular weight is 256 g/mol. The molecule has 0 atom stereocenters. The van der Waals surface area contributed by atoms with Gasteiger partial charge >= 0.3 is 0 Å². The first-order chi connectivity index (χ1) is 7.58. The lowest BCUT2D eigenvalue weighted by Gasteiger charge is -2.07. The summed E-state index contributed by atoms with van der Waals surface area (Å²) < 4.78 is 0. The van der Waals surface area contributed by atoms with Crippen LogP contribution in [0.3, 0.4) is 0 Å². The fourth-order valence-corrected chi connectivity index (χ4v) is 1.65. The van der Waals surface area contributed by atoms with Crippen molar-refractivity contribution >= 4 is 34.6 Å². The molecule has 0 aliphatic rings. The number of benzene rings is 1. The first-order valence-electron chi connectivity index (χ1n) is 4.29. The van der Waals surface area contributed by atoms with Crippen LogP contribution in [0.2, 0.25) is 10.6 Å². The van der Waals surface area contributed by atoms with E-state index in [9.17, 15) is 0 Å². The number of halogens is 2. The summed E-state index contributed by atoms with van der Waals surface area (Å²) in [5, 5.41) is -0.00435. The Morgan fingerprint density at radius 1 is 0.875 bits per heavy atom. The molecule has 1 heterocycles. The molecule has 0 aliphatic carbocycles. The van der Waals surface area contributed by atoms with Crippen molar-refractivity contribution in [3.8, 4) is 11.4 Å². The number of aromatic nitrogens is 3. The Labute approximate surface area is 101 Å². The van der Waals surface area contributed by atoms with Gasteiger partial charge in [-0.15, -0.1) is 0 Å². The molecule has 0 aliphatic heterocycles. The summed E-state index contributed by atoms with van der Waals surface area (Å²) in [4.78, 5) is 11.5. The van der Waals surface area contributed by atoms with Crippen molar-refractivity contribution in [3.63, 3.8) is 0 Å². The third kappa shape index (κ3) is 2.00. The SMILES string of the molecule is Nc1cccc(N)c1-c1nc(Cl)nc(Cl)n1. The van der Waals surface area contributed by atoms with Gasteiger partial charge in [0.1, 0.15) is 0 Å². The molecule has 0 unspecified atom stereocenters. The molecule has 1 aromatic heterocycles. The Morgan fingerprint density at radius 3 is 1.88 bits per heavy atom. The Kier molecular flexibility index (Phi) is 2.80. The molecule has 16 heavy (non-hydrogen) atoms. The molecule has 7 heteroatoms. The summed E-state index contributed by atoms with van der Waals surface area (Å²) in [6.45, 7) is 0. The Hall–Kier alpha value is -1.59. The largest absolute Gasteiger partial charge is 0.398 e. The van der Waals surface area contributed by atoms with Gasteiger partial charge in [0.2, 0.25) is 10.6 Å². The molecule has 0 spiro atoms. The Bertz CT molecular complexity index is 503. The van der Waals surface area contributed by atoms with Crippen LogP contribution in [0.15, 0.2) is 18.2 Å². The van der Waals surface area contributed by atoms with Crippen LogP contribution >= 0.6 is 23.2 Å². The summed E-state index contributed by atoms with van der Waals surface area (Å²) >= 11 is 11.4. The predicted molar refractivity (Wildman–Crippen MR) is 64.1 cm³/mol. The van der Waals surface area contributed by atoms with Crippen LogP contribution in [0.4, 0.5) is 11.4 Å². The normalized spacial score (nSPS) is 10.4. The highest BCUT2D eigenvalue weighted by molar-refractivity contribution is 6.31. The molecule has 0 radical (unpaired) electrons. The molecule has 5 nitrogen and oxygen atoms in total. The number of nitrogen functional groups attached to an aromatic ring is 2. The topological polar surface area (TPSA) is 90.7 Å². The van der Waals surface area contributed by atoms with E-state index in [1.54, 1.807) is 18.2 Å². The smallest absolute Gasteiger partial charge is 0.227 e. The second kappa shape index (κ2) is 4.11. The fraction of sp³-hybridized carbons (Fsp3) is 0. The average Bonchev–Trinajstić information content (AvgIpc) is 2.15. The Balaban J connectivity index is 2.67. The van der Waals surface area contributed by atoms with E-state index in [1.165, 1.54) is 0 Å². The highest BCUT2D eigenvalue weighted by Crippen LogP contribution is 2.29. The summed E-state index contributed by atoms with van der Waals surface area (Å²) in [6.07, 6.45) is 0. The lowest BCUT2D eigenvalue weighted by atomic mass is 10.1. The maximum absolute atomic E-state index is 5.79. The molecule has 1 aromatic carbocycles. The van der Waals surface area contributed by atoms with Crippen molar-refractivity contribution in [3.05, 3.63) is 28.8 Å². The maximum Gasteiger partial charge on any atom is 0.227 e. The molecule has 0 bridgehead atoms. The number of hydrogen-bond donors (Lipinski definition) is 2. The van der Waals surface area contributed by atoms with E-state index in [1.807, 2.05) is 0 Å². The van der Waals surface area contributed by atoms with E-state index < -0.39 is 0 Å². The van der Waals surface area contributed by atoms with Crippen LogP contribution in [0, 0.1) is 0 Å². The first-order valence-corrected chi connectivity index (χ1v) is 5.05. The van der Waals surface area contributed by atoms with Crippen LogP contribution in [0.1, 0.15) is 0 Å². The van der Waals surface area contributed by atoms with Crippen molar-refractivity contribution < 1.29 is 0 Å². The minimum absolute atomic E-state index is 0.00217. The molecule has 0 amide bonds. The molecule has 2 rings (SSSR count). The van der Waals surface area contributed by atoms with E-state index in [-0.39, 0.29) is 16.4 Å². The second-order valence-corrected chi connectivity index (χ2v) is 3.68. The number of rotatable bonds is 1. The zero-order valence-electron chi connectivity index (χ0n) is 7.98. The number of anilines is 2. The van der Waals surface area contributed by atoms with Gasteiger partial charge in [-0.3, -0.25) is 0 Å². The highest BCUT2D eigenvalue weighted by Gasteiger charge is 2.12. The van der Waals surface area contributed by atoms with E-state index >= 15 is 0 Å². The monoisotopic (exact) mass is 255 g/mol. The molecule has 82 valence electrons. The van der Waals surface area contributed by atoms with Gasteiger partial charge in [0.15, 0.2) is 5.82 Å². The molecule has 2 aromatic rings. The first kappa shape index (κ1) is 10.9. The zero-order valence-corrected chi connectivity index (χ0v) is 9.50. The molecule has 0 fully saturated rings. The third-order valence-corrected chi connectivity index (χ3v) is 2.27. The molecule has 0 saturated heterocycles.